The van der Waals surface area contributed by atoms with E-state index >= 15 is 0 Å². The van der Waals surface area contributed by atoms with E-state index in [1.165, 1.54) is 0 Å². The Bertz CT molecular complexity index is 1020. The van der Waals surface area contributed by atoms with E-state index in [2.05, 4.69) is 25.1 Å². The van der Waals surface area contributed by atoms with Crippen LogP contribution in [0.5, 0.6) is 0 Å². The van der Waals surface area contributed by atoms with Crippen LogP contribution in [-0.2, 0) is 17.7 Å². The zero-order valence-corrected chi connectivity index (χ0v) is 16.4. The number of aromatic nitrogens is 4. The summed E-state index contributed by atoms with van der Waals surface area (Å²) in [7, 11) is 0. The van der Waals surface area contributed by atoms with Crippen molar-refractivity contribution in [1.29, 1.82) is 0 Å². The second-order valence-corrected chi connectivity index (χ2v) is 7.93. The van der Waals surface area contributed by atoms with E-state index in [0.29, 0.717) is 11.6 Å². The lowest BCUT2D eigenvalue weighted by Crippen LogP contribution is -2.35. The normalized spacial score (nSPS) is 20.2. The number of benzene rings is 1. The molecule has 29 heavy (non-hydrogen) atoms. The second kappa shape index (κ2) is 7.91. The van der Waals surface area contributed by atoms with Gasteiger partial charge in [0, 0.05) is 49.7 Å². The fourth-order valence-corrected chi connectivity index (χ4v) is 4.38. The summed E-state index contributed by atoms with van der Waals surface area (Å²) in [4.78, 5) is 17.1. The second-order valence-electron chi connectivity index (χ2n) is 7.93. The van der Waals surface area contributed by atoms with Gasteiger partial charge in [0.25, 0.3) is 5.91 Å². The van der Waals surface area contributed by atoms with Crippen LogP contribution in [0, 0.1) is 0 Å². The fraction of sp³-hybridized carbons (Fsp3) is 0.455. The number of hydrogen-bond donors (Lipinski definition) is 1. The van der Waals surface area contributed by atoms with Crippen LogP contribution in [0.4, 0.5) is 0 Å². The van der Waals surface area contributed by atoms with Crippen LogP contribution in [0.15, 0.2) is 36.5 Å². The smallest absolute Gasteiger partial charge is 0.270 e. The Morgan fingerprint density at radius 2 is 1.90 bits per heavy atom. The Morgan fingerprint density at radius 3 is 2.76 bits per heavy atom. The van der Waals surface area contributed by atoms with Crippen LogP contribution in [0.25, 0.3) is 10.8 Å². The van der Waals surface area contributed by atoms with Gasteiger partial charge in [-0.05, 0) is 37.1 Å². The lowest BCUT2D eigenvalue weighted by Gasteiger charge is -2.22. The number of carbonyl (C=O) groups excluding carboxylic acids is 1. The number of ether oxygens (including phenoxy) is 1. The molecule has 0 aliphatic carbocycles. The zero-order valence-electron chi connectivity index (χ0n) is 16.4. The van der Waals surface area contributed by atoms with Crippen LogP contribution in [0.1, 0.15) is 53.7 Å². The average molecular weight is 391 g/mol. The van der Waals surface area contributed by atoms with Crippen molar-refractivity contribution in [3.63, 3.8) is 0 Å². The maximum absolute atomic E-state index is 12.8. The van der Waals surface area contributed by atoms with E-state index < -0.39 is 0 Å². The van der Waals surface area contributed by atoms with E-state index in [0.717, 1.165) is 74.3 Å². The number of aryl methyl sites for hydroxylation is 1. The Balaban J connectivity index is 1.27. The van der Waals surface area contributed by atoms with Crippen molar-refractivity contribution in [2.24, 2.45) is 0 Å². The minimum Gasteiger partial charge on any atom is -0.381 e. The Morgan fingerprint density at radius 1 is 1.07 bits per heavy atom. The Kier molecular flexibility index (Phi) is 4.97. The molecule has 1 unspecified atom stereocenters. The number of nitrogens with one attached hydrogen (secondary N) is 1. The van der Waals surface area contributed by atoms with Crippen molar-refractivity contribution in [2.75, 3.05) is 13.2 Å². The van der Waals surface area contributed by atoms with Gasteiger partial charge in [-0.1, -0.05) is 24.3 Å². The highest BCUT2D eigenvalue weighted by atomic mass is 16.5. The predicted molar refractivity (Wildman–Crippen MR) is 109 cm³/mol. The maximum Gasteiger partial charge on any atom is 0.270 e. The van der Waals surface area contributed by atoms with Crippen molar-refractivity contribution >= 4 is 16.7 Å². The first-order valence-electron chi connectivity index (χ1n) is 10.4. The topological polar surface area (TPSA) is 81.9 Å². The molecule has 150 valence electrons. The predicted octanol–water partition coefficient (Wildman–Crippen LogP) is 2.86. The minimum atomic E-state index is -0.108. The van der Waals surface area contributed by atoms with Gasteiger partial charge >= 0.3 is 0 Å². The summed E-state index contributed by atoms with van der Waals surface area (Å²) in [6, 6.07) is 9.92. The largest absolute Gasteiger partial charge is 0.381 e. The molecule has 0 bridgehead atoms. The molecule has 0 spiro atoms. The molecule has 1 N–H and O–H groups in total. The summed E-state index contributed by atoms with van der Waals surface area (Å²) in [6.07, 6.45) is 6.34. The van der Waals surface area contributed by atoms with Crippen LogP contribution in [0.2, 0.25) is 0 Å². The van der Waals surface area contributed by atoms with E-state index in [-0.39, 0.29) is 11.9 Å². The molecule has 2 aliphatic heterocycles. The first-order valence-corrected chi connectivity index (χ1v) is 10.4. The molecular weight excluding hydrogens is 366 g/mol. The molecule has 1 aromatic carbocycles. The van der Waals surface area contributed by atoms with Crippen molar-refractivity contribution in [3.8, 4) is 0 Å². The third-order valence-corrected chi connectivity index (χ3v) is 6.06. The molecule has 2 aliphatic rings. The molecule has 1 fully saturated rings. The minimum absolute atomic E-state index is 0.108. The van der Waals surface area contributed by atoms with Crippen LogP contribution in [-0.4, -0.2) is 44.9 Å². The number of amides is 1. The molecule has 7 nitrogen and oxygen atoms in total. The summed E-state index contributed by atoms with van der Waals surface area (Å²) in [5.74, 6) is 2.44. The van der Waals surface area contributed by atoms with Gasteiger partial charge in [-0.3, -0.25) is 9.78 Å². The molecule has 7 heteroatoms. The fourth-order valence-electron chi connectivity index (χ4n) is 4.38. The summed E-state index contributed by atoms with van der Waals surface area (Å²) in [5.41, 5.74) is 0.468. The van der Waals surface area contributed by atoms with Gasteiger partial charge in [0.05, 0.1) is 0 Å². The summed E-state index contributed by atoms with van der Waals surface area (Å²) < 4.78 is 7.76. The van der Waals surface area contributed by atoms with Crippen LogP contribution in [0.3, 0.4) is 0 Å². The highest BCUT2D eigenvalue weighted by Gasteiger charge is 2.27. The van der Waals surface area contributed by atoms with Gasteiger partial charge in [0.2, 0.25) is 0 Å². The Hall–Kier alpha value is -2.80. The first-order chi connectivity index (χ1) is 14.3. The van der Waals surface area contributed by atoms with Gasteiger partial charge in [-0.2, -0.15) is 0 Å². The van der Waals surface area contributed by atoms with Gasteiger partial charge in [-0.15, -0.1) is 10.2 Å². The van der Waals surface area contributed by atoms with Gasteiger partial charge in [-0.25, -0.2) is 0 Å². The third kappa shape index (κ3) is 3.74. The van der Waals surface area contributed by atoms with Gasteiger partial charge in [0.1, 0.15) is 17.3 Å². The molecule has 5 rings (SSSR count). The summed E-state index contributed by atoms with van der Waals surface area (Å²) >= 11 is 0. The number of fused-ring (bicyclic) bond motifs is 2. The first kappa shape index (κ1) is 18.2. The van der Waals surface area contributed by atoms with Gasteiger partial charge in [0.15, 0.2) is 0 Å². The highest BCUT2D eigenvalue weighted by molar-refractivity contribution is 5.96. The van der Waals surface area contributed by atoms with Crippen molar-refractivity contribution in [1.82, 2.24) is 25.1 Å². The van der Waals surface area contributed by atoms with E-state index in [1.54, 1.807) is 6.20 Å². The molecule has 0 radical (unpaired) electrons. The molecular formula is C22H25N5O2. The number of rotatable bonds is 3. The lowest BCUT2D eigenvalue weighted by molar-refractivity contribution is 0.0826. The SMILES string of the molecule is O=C(NC1CCc2nnc(C3CCOCC3)n2CC1)c1cc2ccccc2cn1. The van der Waals surface area contributed by atoms with Crippen LogP contribution >= 0.6 is 0 Å². The lowest BCUT2D eigenvalue weighted by atomic mass is 9.99. The molecule has 0 saturated carbocycles. The quantitative estimate of drug-likeness (QED) is 0.742. The molecule has 1 atom stereocenters. The van der Waals surface area contributed by atoms with E-state index in [9.17, 15) is 4.79 Å². The van der Waals surface area contributed by atoms with Crippen molar-refractivity contribution in [2.45, 2.75) is 50.6 Å². The van der Waals surface area contributed by atoms with Crippen molar-refractivity contribution < 1.29 is 9.53 Å². The molecule has 2 aromatic heterocycles. The number of nitrogens with zero attached hydrogens (tertiary/aromatic N) is 4. The van der Waals surface area contributed by atoms with Crippen molar-refractivity contribution in [3.05, 3.63) is 53.9 Å². The standard InChI is InChI=1S/C22H25N5O2/c28-22(19-13-16-3-1-2-4-17(16)14-23-19)24-18-5-6-20-25-26-21(27(20)10-7-18)15-8-11-29-12-9-15/h1-4,13-15,18H,5-12H2,(H,24,28). The average Bonchev–Trinajstić information content (AvgIpc) is 3.08. The zero-order chi connectivity index (χ0) is 19.6. The third-order valence-electron chi connectivity index (χ3n) is 6.06. The maximum atomic E-state index is 12.8. The number of hydrogen-bond acceptors (Lipinski definition) is 5. The number of carbonyl (C=O) groups is 1. The molecule has 1 amide bonds. The monoisotopic (exact) mass is 391 g/mol. The van der Waals surface area contributed by atoms with E-state index in [1.807, 2.05) is 30.3 Å². The summed E-state index contributed by atoms with van der Waals surface area (Å²) in [5, 5.41) is 14.2. The van der Waals surface area contributed by atoms with Crippen LogP contribution < -0.4 is 5.32 Å². The summed E-state index contributed by atoms with van der Waals surface area (Å²) in [6.45, 7) is 2.43. The molecule has 4 heterocycles. The molecule has 3 aromatic rings. The highest BCUT2D eigenvalue weighted by Crippen LogP contribution is 2.28. The molecule has 1 saturated heterocycles. The number of pyridine rings is 1. The van der Waals surface area contributed by atoms with Gasteiger partial charge < -0.3 is 14.6 Å². The van der Waals surface area contributed by atoms with E-state index in [4.69, 9.17) is 4.74 Å². The Labute approximate surface area is 169 Å².